The number of carbonyl (C=O) groups is 1. The average molecular weight is 306 g/mol. The van der Waals surface area contributed by atoms with Crippen molar-refractivity contribution in [3.63, 3.8) is 0 Å². The third-order valence-electron chi connectivity index (χ3n) is 4.10. The molecule has 1 unspecified atom stereocenters. The molecule has 0 spiro atoms. The number of aryl methyl sites for hydroxylation is 2. The van der Waals surface area contributed by atoms with Gasteiger partial charge in [-0.15, -0.1) is 0 Å². The molecule has 0 saturated carbocycles. The van der Waals surface area contributed by atoms with Crippen molar-refractivity contribution in [3.8, 4) is 0 Å². The van der Waals surface area contributed by atoms with Crippen molar-refractivity contribution in [2.24, 2.45) is 0 Å². The van der Waals surface area contributed by atoms with Gasteiger partial charge in [0.2, 0.25) is 0 Å². The molecule has 1 atom stereocenters. The molecule has 0 amide bonds. The number of nitrogens with one attached hydrogen (secondary N) is 1. The molecule has 3 rings (SSSR count). The topological polar surface area (TPSA) is 66.0 Å². The minimum absolute atomic E-state index is 0.0257. The fourth-order valence-corrected chi connectivity index (χ4v) is 2.97. The smallest absolute Gasteiger partial charge is 0.335 e. The number of hydrogen-bond acceptors (Lipinski definition) is 2. The standard InChI is InChI=1S/C19H18N2O2/c1-12-17(13(2)21-20-12)18(14-6-4-3-5-7-14)15-8-10-16(11-9-15)19(22)23/h3-11,18H,1-2H3,(H,20,21)(H,22,23). The number of H-pyrrole nitrogens is 1. The minimum Gasteiger partial charge on any atom is -0.478 e. The van der Waals surface area contributed by atoms with Gasteiger partial charge in [-0.05, 0) is 37.1 Å². The van der Waals surface area contributed by atoms with Crippen molar-refractivity contribution < 1.29 is 9.90 Å². The molecule has 1 aromatic heterocycles. The average Bonchev–Trinajstić information content (AvgIpc) is 2.89. The molecule has 0 aliphatic heterocycles. The third-order valence-corrected chi connectivity index (χ3v) is 4.10. The van der Waals surface area contributed by atoms with Crippen LogP contribution in [0.5, 0.6) is 0 Å². The Balaban J connectivity index is 2.15. The van der Waals surface area contributed by atoms with Gasteiger partial charge in [0.05, 0.1) is 11.3 Å². The molecule has 0 bridgehead atoms. The van der Waals surface area contributed by atoms with Gasteiger partial charge in [0.1, 0.15) is 0 Å². The summed E-state index contributed by atoms with van der Waals surface area (Å²) in [5.74, 6) is -0.888. The van der Waals surface area contributed by atoms with E-state index >= 15 is 0 Å². The third kappa shape index (κ3) is 2.88. The molecule has 0 fully saturated rings. The first-order chi connectivity index (χ1) is 11.1. The molecule has 0 radical (unpaired) electrons. The van der Waals surface area contributed by atoms with Crippen LogP contribution in [0.3, 0.4) is 0 Å². The fraction of sp³-hybridized carbons (Fsp3) is 0.158. The number of carboxylic acids is 1. The van der Waals surface area contributed by atoms with Gasteiger partial charge in [-0.25, -0.2) is 4.79 Å². The Kier molecular flexibility index (Phi) is 3.98. The van der Waals surface area contributed by atoms with E-state index in [1.54, 1.807) is 12.1 Å². The summed E-state index contributed by atoms with van der Waals surface area (Å²) >= 11 is 0. The molecule has 4 heteroatoms. The Morgan fingerprint density at radius 1 is 1.00 bits per heavy atom. The second kappa shape index (κ2) is 6.08. The summed E-state index contributed by atoms with van der Waals surface area (Å²) < 4.78 is 0. The molecule has 116 valence electrons. The first kappa shape index (κ1) is 15.0. The zero-order chi connectivity index (χ0) is 16.4. The number of rotatable bonds is 4. The maximum atomic E-state index is 11.1. The number of nitrogens with zero attached hydrogens (tertiary/aromatic N) is 1. The molecule has 2 N–H and O–H groups in total. The predicted molar refractivity (Wildman–Crippen MR) is 88.9 cm³/mol. The van der Waals surface area contributed by atoms with Gasteiger partial charge >= 0.3 is 5.97 Å². The maximum Gasteiger partial charge on any atom is 0.335 e. The number of aromatic carboxylic acids is 1. The van der Waals surface area contributed by atoms with Crippen LogP contribution in [0.15, 0.2) is 54.6 Å². The van der Waals surface area contributed by atoms with Crippen molar-refractivity contribution >= 4 is 5.97 Å². The zero-order valence-electron chi connectivity index (χ0n) is 13.1. The lowest BCUT2D eigenvalue weighted by Crippen LogP contribution is -2.06. The highest BCUT2D eigenvalue weighted by atomic mass is 16.4. The van der Waals surface area contributed by atoms with E-state index in [4.69, 9.17) is 5.11 Å². The normalized spacial score (nSPS) is 12.1. The van der Waals surface area contributed by atoms with Crippen LogP contribution in [0.25, 0.3) is 0 Å². The quantitative estimate of drug-likeness (QED) is 0.768. The second-order valence-corrected chi connectivity index (χ2v) is 5.62. The van der Waals surface area contributed by atoms with Crippen LogP contribution in [-0.4, -0.2) is 21.3 Å². The van der Waals surface area contributed by atoms with Crippen molar-refractivity contribution in [2.75, 3.05) is 0 Å². The van der Waals surface area contributed by atoms with Crippen LogP contribution in [0.2, 0.25) is 0 Å². The van der Waals surface area contributed by atoms with Gasteiger partial charge in [-0.2, -0.15) is 5.10 Å². The summed E-state index contributed by atoms with van der Waals surface area (Å²) in [5.41, 5.74) is 5.62. The summed E-state index contributed by atoms with van der Waals surface area (Å²) in [6.07, 6.45) is 0. The molecule has 2 aromatic carbocycles. The van der Waals surface area contributed by atoms with Crippen molar-refractivity contribution in [3.05, 3.63) is 88.2 Å². The van der Waals surface area contributed by atoms with E-state index in [-0.39, 0.29) is 5.92 Å². The van der Waals surface area contributed by atoms with Gasteiger partial charge in [0.25, 0.3) is 0 Å². The van der Waals surface area contributed by atoms with Gasteiger partial charge in [-0.3, -0.25) is 5.10 Å². The van der Waals surface area contributed by atoms with Crippen molar-refractivity contribution in [1.29, 1.82) is 0 Å². The van der Waals surface area contributed by atoms with E-state index in [2.05, 4.69) is 22.3 Å². The largest absolute Gasteiger partial charge is 0.478 e. The van der Waals surface area contributed by atoms with Crippen LogP contribution in [-0.2, 0) is 0 Å². The van der Waals surface area contributed by atoms with E-state index in [9.17, 15) is 4.79 Å². The van der Waals surface area contributed by atoms with Gasteiger partial charge in [0, 0.05) is 17.2 Å². The van der Waals surface area contributed by atoms with Crippen LogP contribution < -0.4 is 0 Å². The molecular formula is C19H18N2O2. The zero-order valence-corrected chi connectivity index (χ0v) is 13.1. The Morgan fingerprint density at radius 3 is 2.13 bits per heavy atom. The SMILES string of the molecule is Cc1n[nH]c(C)c1C(c1ccccc1)c1ccc(C(=O)O)cc1. The van der Waals surface area contributed by atoms with E-state index in [0.29, 0.717) is 5.56 Å². The highest BCUT2D eigenvalue weighted by Gasteiger charge is 2.22. The molecule has 0 aliphatic rings. The number of aromatic amines is 1. The minimum atomic E-state index is -0.913. The van der Waals surface area contributed by atoms with Gasteiger partial charge in [0.15, 0.2) is 0 Å². The molecule has 0 saturated heterocycles. The predicted octanol–water partition coefficient (Wildman–Crippen LogP) is 3.90. The molecule has 3 aromatic rings. The van der Waals surface area contributed by atoms with Crippen molar-refractivity contribution in [2.45, 2.75) is 19.8 Å². The van der Waals surface area contributed by atoms with E-state index in [1.165, 1.54) is 0 Å². The highest BCUT2D eigenvalue weighted by molar-refractivity contribution is 5.87. The molecular weight excluding hydrogens is 288 g/mol. The molecule has 1 heterocycles. The summed E-state index contributed by atoms with van der Waals surface area (Å²) in [7, 11) is 0. The van der Waals surface area contributed by atoms with Crippen LogP contribution in [0.1, 0.15) is 44.4 Å². The van der Waals surface area contributed by atoms with E-state index < -0.39 is 5.97 Å². The molecule has 0 aliphatic carbocycles. The van der Waals surface area contributed by atoms with E-state index in [0.717, 1.165) is 28.1 Å². The van der Waals surface area contributed by atoms with Gasteiger partial charge in [-0.1, -0.05) is 42.5 Å². The number of hydrogen-bond donors (Lipinski definition) is 2. The van der Waals surface area contributed by atoms with Crippen LogP contribution >= 0.6 is 0 Å². The molecule has 4 nitrogen and oxygen atoms in total. The lowest BCUT2D eigenvalue weighted by atomic mass is 9.84. The second-order valence-electron chi connectivity index (χ2n) is 5.62. The first-order valence-electron chi connectivity index (χ1n) is 7.47. The Morgan fingerprint density at radius 2 is 1.61 bits per heavy atom. The van der Waals surface area contributed by atoms with Crippen LogP contribution in [0.4, 0.5) is 0 Å². The number of carboxylic acid groups (broad SMARTS) is 1. The number of aromatic nitrogens is 2. The van der Waals surface area contributed by atoms with Gasteiger partial charge < -0.3 is 5.11 Å². The summed E-state index contributed by atoms with van der Waals surface area (Å²) in [6.45, 7) is 4.00. The monoisotopic (exact) mass is 306 g/mol. The first-order valence-corrected chi connectivity index (χ1v) is 7.47. The Hall–Kier alpha value is -2.88. The number of benzene rings is 2. The lowest BCUT2D eigenvalue weighted by molar-refractivity contribution is 0.0697. The summed E-state index contributed by atoms with van der Waals surface area (Å²) in [4.78, 5) is 11.1. The Labute approximate surface area is 134 Å². The van der Waals surface area contributed by atoms with Crippen molar-refractivity contribution in [1.82, 2.24) is 10.2 Å². The highest BCUT2D eigenvalue weighted by Crippen LogP contribution is 2.34. The summed E-state index contributed by atoms with van der Waals surface area (Å²) in [6, 6.07) is 17.3. The Bertz CT molecular complexity index is 801. The van der Waals surface area contributed by atoms with E-state index in [1.807, 2.05) is 44.2 Å². The lowest BCUT2D eigenvalue weighted by Gasteiger charge is -2.19. The summed E-state index contributed by atoms with van der Waals surface area (Å²) in [5, 5.41) is 16.4. The maximum absolute atomic E-state index is 11.1. The fourth-order valence-electron chi connectivity index (χ4n) is 2.97. The van der Waals surface area contributed by atoms with Crippen LogP contribution in [0, 0.1) is 13.8 Å². The molecule has 23 heavy (non-hydrogen) atoms.